The molecule has 2 heteroatoms. The third kappa shape index (κ3) is 0.646. The van der Waals surface area contributed by atoms with E-state index in [1.807, 2.05) is 0 Å². The molecule has 0 aromatic carbocycles. The van der Waals surface area contributed by atoms with Crippen molar-refractivity contribution in [2.24, 2.45) is 17.3 Å². The molecule has 0 aromatic heterocycles. The van der Waals surface area contributed by atoms with Crippen LogP contribution < -0.4 is 0 Å². The molecule has 5 aliphatic rings. The summed E-state index contributed by atoms with van der Waals surface area (Å²) >= 11 is 5.66. The quantitative estimate of drug-likeness (QED) is 0.450. The highest BCUT2D eigenvalue weighted by Crippen LogP contribution is 2.62. The minimum atomic E-state index is -0.142. The average Bonchev–Trinajstić information content (AvgIpc) is 2.04. The Morgan fingerprint density at radius 1 is 1.50 bits per heavy atom. The fourth-order valence-corrected chi connectivity index (χ4v) is 3.50. The molecule has 3 saturated carbocycles. The van der Waals surface area contributed by atoms with E-state index in [-0.39, 0.29) is 10.7 Å². The van der Waals surface area contributed by atoms with Crippen LogP contribution in [-0.2, 0) is 4.79 Å². The van der Waals surface area contributed by atoms with Crippen molar-refractivity contribution in [1.82, 2.24) is 0 Å². The molecule has 0 aliphatic heterocycles. The van der Waals surface area contributed by atoms with E-state index in [0.29, 0.717) is 0 Å². The summed E-state index contributed by atoms with van der Waals surface area (Å²) in [4.78, 5) is 11.3. The summed E-state index contributed by atoms with van der Waals surface area (Å²) in [6.07, 6.45) is 6.58. The zero-order valence-electron chi connectivity index (χ0n) is 6.85. The van der Waals surface area contributed by atoms with Gasteiger partial charge >= 0.3 is 0 Å². The largest absolute Gasteiger partial charge is 0.281 e. The molecule has 64 valence electrons. The van der Waals surface area contributed by atoms with Crippen molar-refractivity contribution >= 4 is 16.8 Å². The number of carbonyl (C=O) groups is 1. The van der Waals surface area contributed by atoms with Gasteiger partial charge in [0, 0.05) is 5.41 Å². The first-order valence-electron chi connectivity index (χ1n) is 4.61. The first kappa shape index (κ1) is 7.14. The molecule has 0 amide bonds. The van der Waals surface area contributed by atoms with Crippen molar-refractivity contribution in [3.8, 4) is 0 Å². The van der Waals surface area contributed by atoms with Gasteiger partial charge in [-0.1, -0.05) is 11.6 Å². The SMILES string of the molecule is O=C(Cl)C12CC=C3C(CC3C1)C2. The van der Waals surface area contributed by atoms with Gasteiger partial charge < -0.3 is 0 Å². The van der Waals surface area contributed by atoms with E-state index in [1.54, 1.807) is 5.57 Å². The van der Waals surface area contributed by atoms with Crippen LogP contribution in [0.3, 0.4) is 0 Å². The second-order valence-electron chi connectivity index (χ2n) is 4.50. The summed E-state index contributed by atoms with van der Waals surface area (Å²) in [5.41, 5.74) is 1.49. The molecule has 0 aromatic rings. The number of allylic oxidation sites excluding steroid dienone is 2. The van der Waals surface area contributed by atoms with E-state index in [9.17, 15) is 4.79 Å². The van der Waals surface area contributed by atoms with Crippen LogP contribution in [0.2, 0.25) is 0 Å². The third-order valence-corrected chi connectivity index (χ3v) is 4.33. The van der Waals surface area contributed by atoms with Crippen molar-refractivity contribution in [2.45, 2.75) is 25.7 Å². The van der Waals surface area contributed by atoms with Gasteiger partial charge in [-0.3, -0.25) is 4.79 Å². The van der Waals surface area contributed by atoms with E-state index in [0.717, 1.165) is 31.1 Å². The van der Waals surface area contributed by atoms with Crippen LogP contribution in [0.5, 0.6) is 0 Å². The number of fused-ring (bicyclic) bond motifs is 1. The molecule has 3 fully saturated rings. The summed E-state index contributed by atoms with van der Waals surface area (Å²) in [5.74, 6) is 1.44. The summed E-state index contributed by atoms with van der Waals surface area (Å²) in [6.45, 7) is 0. The third-order valence-electron chi connectivity index (χ3n) is 3.93. The highest BCUT2D eigenvalue weighted by atomic mass is 35.5. The normalized spacial score (nSPS) is 48.2. The molecule has 0 spiro atoms. The summed E-state index contributed by atoms with van der Waals surface area (Å²) in [6, 6.07) is 0. The van der Waals surface area contributed by atoms with Gasteiger partial charge in [-0.2, -0.15) is 0 Å². The van der Waals surface area contributed by atoms with Crippen molar-refractivity contribution < 1.29 is 4.79 Å². The Hall–Kier alpha value is -0.300. The maximum Gasteiger partial charge on any atom is 0.228 e. The van der Waals surface area contributed by atoms with Gasteiger partial charge in [0.25, 0.3) is 0 Å². The fourth-order valence-electron chi connectivity index (χ4n) is 3.27. The Balaban J connectivity index is 2.03. The molecule has 1 nitrogen and oxygen atoms in total. The number of rotatable bonds is 1. The van der Waals surface area contributed by atoms with Gasteiger partial charge in [0.05, 0.1) is 0 Å². The van der Waals surface area contributed by atoms with Crippen LogP contribution in [0.15, 0.2) is 11.6 Å². The predicted octanol–water partition coefficient (Wildman–Crippen LogP) is 2.50. The van der Waals surface area contributed by atoms with Crippen molar-refractivity contribution in [3.63, 3.8) is 0 Å². The summed E-state index contributed by atoms with van der Waals surface area (Å²) < 4.78 is 0. The standard InChI is InChI=1S/C10H11ClO/c11-9(12)10-2-1-8-6(4-10)3-7(8)5-10/h1,6-7H,2-5H2. The Labute approximate surface area is 76.8 Å². The maximum atomic E-state index is 11.3. The molecule has 0 radical (unpaired) electrons. The second-order valence-corrected chi connectivity index (χ2v) is 4.84. The van der Waals surface area contributed by atoms with E-state index in [1.165, 1.54) is 6.42 Å². The van der Waals surface area contributed by atoms with E-state index in [2.05, 4.69) is 6.08 Å². The van der Waals surface area contributed by atoms with Crippen LogP contribution in [0.1, 0.15) is 25.7 Å². The van der Waals surface area contributed by atoms with Crippen LogP contribution in [0.25, 0.3) is 0 Å². The van der Waals surface area contributed by atoms with Gasteiger partial charge in [-0.05, 0) is 49.1 Å². The van der Waals surface area contributed by atoms with Crippen LogP contribution in [0.4, 0.5) is 0 Å². The van der Waals surface area contributed by atoms with Crippen molar-refractivity contribution in [3.05, 3.63) is 11.6 Å². The molecule has 2 unspecified atom stereocenters. The number of hydrogen-bond donors (Lipinski definition) is 0. The number of halogens is 1. The van der Waals surface area contributed by atoms with Crippen LogP contribution >= 0.6 is 11.6 Å². The van der Waals surface area contributed by atoms with E-state index >= 15 is 0 Å². The minimum Gasteiger partial charge on any atom is -0.281 e. The molecular formula is C10H11ClO. The Morgan fingerprint density at radius 3 is 2.58 bits per heavy atom. The van der Waals surface area contributed by atoms with Gasteiger partial charge in [0.15, 0.2) is 0 Å². The smallest absolute Gasteiger partial charge is 0.228 e. The lowest BCUT2D eigenvalue weighted by Crippen LogP contribution is -2.49. The molecule has 0 saturated heterocycles. The average molecular weight is 183 g/mol. The molecule has 4 bridgehead atoms. The molecule has 5 aliphatic carbocycles. The highest BCUT2D eigenvalue weighted by molar-refractivity contribution is 6.64. The summed E-state index contributed by atoms with van der Waals surface area (Å²) in [7, 11) is 0. The van der Waals surface area contributed by atoms with Gasteiger partial charge in [0.2, 0.25) is 5.24 Å². The van der Waals surface area contributed by atoms with Gasteiger partial charge in [0.1, 0.15) is 0 Å². The van der Waals surface area contributed by atoms with Gasteiger partial charge in [-0.25, -0.2) is 0 Å². The monoisotopic (exact) mass is 182 g/mol. The summed E-state index contributed by atoms with van der Waals surface area (Å²) in [5, 5.41) is -0.0906. The Bertz CT molecular complexity index is 278. The predicted molar refractivity (Wildman–Crippen MR) is 46.8 cm³/mol. The first-order valence-corrected chi connectivity index (χ1v) is 4.99. The van der Waals surface area contributed by atoms with Gasteiger partial charge in [-0.15, -0.1) is 0 Å². The molecule has 2 atom stereocenters. The van der Waals surface area contributed by atoms with Crippen LogP contribution in [0, 0.1) is 17.3 Å². The first-order chi connectivity index (χ1) is 5.71. The van der Waals surface area contributed by atoms with E-state index < -0.39 is 0 Å². The number of carbonyl (C=O) groups excluding carboxylic acids is 1. The minimum absolute atomic E-state index is 0.0906. The van der Waals surface area contributed by atoms with E-state index in [4.69, 9.17) is 11.6 Å². The Kier molecular flexibility index (Phi) is 1.16. The lowest BCUT2D eigenvalue weighted by Gasteiger charge is -2.56. The van der Waals surface area contributed by atoms with Crippen LogP contribution in [-0.4, -0.2) is 5.24 Å². The topological polar surface area (TPSA) is 17.1 Å². The molecular weight excluding hydrogens is 172 g/mol. The molecule has 5 rings (SSSR count). The lowest BCUT2D eigenvalue weighted by molar-refractivity contribution is -0.126. The molecule has 12 heavy (non-hydrogen) atoms. The second kappa shape index (κ2) is 1.95. The highest BCUT2D eigenvalue weighted by Gasteiger charge is 2.55. The molecule has 0 N–H and O–H groups in total. The zero-order chi connectivity index (χ0) is 8.34. The van der Waals surface area contributed by atoms with Crippen molar-refractivity contribution in [2.75, 3.05) is 0 Å². The van der Waals surface area contributed by atoms with Crippen molar-refractivity contribution in [1.29, 1.82) is 0 Å². The zero-order valence-corrected chi connectivity index (χ0v) is 7.60. The Morgan fingerprint density at radius 2 is 2.17 bits per heavy atom. The number of hydrogen-bond acceptors (Lipinski definition) is 1. The lowest BCUT2D eigenvalue weighted by atomic mass is 9.48. The fraction of sp³-hybridized carbons (Fsp3) is 0.700. The maximum absolute atomic E-state index is 11.3. The molecule has 0 heterocycles.